The van der Waals surface area contributed by atoms with Crippen LogP contribution >= 0.6 is 0 Å². The number of hydrogen-bond acceptors (Lipinski definition) is 4. The zero-order valence-corrected chi connectivity index (χ0v) is 13.2. The van der Waals surface area contributed by atoms with Crippen molar-refractivity contribution >= 4 is 11.6 Å². The van der Waals surface area contributed by atoms with Gasteiger partial charge in [-0.05, 0) is 24.6 Å². The molecule has 23 heavy (non-hydrogen) atoms. The number of ether oxygens (including phenoxy) is 1. The standard InChI is InChI=1S/C18H21N3O2/c1-14-11-21(12-18(22)20-16-7-9-19-10-8-16)17(13-23-14)15-5-3-2-4-6-15/h2-10,14,17H,11-13H2,1H3,(H,19,20,22)/t14-,17+/m1/s1. The van der Waals surface area contributed by atoms with Gasteiger partial charge in [-0.15, -0.1) is 0 Å². The minimum absolute atomic E-state index is 0.0220. The molecule has 1 aromatic heterocycles. The highest BCUT2D eigenvalue weighted by molar-refractivity contribution is 5.92. The van der Waals surface area contributed by atoms with Gasteiger partial charge in [0.05, 0.1) is 25.3 Å². The first-order valence-electron chi connectivity index (χ1n) is 7.83. The molecule has 2 aromatic rings. The number of carbonyl (C=O) groups is 1. The summed E-state index contributed by atoms with van der Waals surface area (Å²) in [5, 5.41) is 2.91. The van der Waals surface area contributed by atoms with Gasteiger partial charge in [-0.2, -0.15) is 0 Å². The van der Waals surface area contributed by atoms with Gasteiger partial charge in [0.1, 0.15) is 0 Å². The summed E-state index contributed by atoms with van der Waals surface area (Å²) in [6.07, 6.45) is 3.46. The normalized spacial score (nSPS) is 21.8. The lowest BCUT2D eigenvalue weighted by Gasteiger charge is -2.38. The molecule has 1 amide bonds. The molecule has 1 saturated heterocycles. The second-order valence-electron chi connectivity index (χ2n) is 5.78. The number of nitrogens with one attached hydrogen (secondary N) is 1. The molecule has 0 spiro atoms. The molecule has 0 aliphatic carbocycles. The van der Waals surface area contributed by atoms with Crippen molar-refractivity contribution in [3.8, 4) is 0 Å². The first-order chi connectivity index (χ1) is 11.2. The second kappa shape index (κ2) is 7.35. The number of nitrogens with zero attached hydrogens (tertiary/aromatic N) is 2. The van der Waals surface area contributed by atoms with Crippen LogP contribution in [-0.2, 0) is 9.53 Å². The van der Waals surface area contributed by atoms with Crippen LogP contribution in [-0.4, -0.2) is 41.6 Å². The molecule has 5 heteroatoms. The van der Waals surface area contributed by atoms with Gasteiger partial charge in [0, 0.05) is 24.6 Å². The summed E-state index contributed by atoms with van der Waals surface area (Å²) in [5.41, 5.74) is 1.94. The number of morpholine rings is 1. The fourth-order valence-electron chi connectivity index (χ4n) is 2.85. The molecule has 1 fully saturated rings. The van der Waals surface area contributed by atoms with Crippen LogP contribution in [0.15, 0.2) is 54.9 Å². The van der Waals surface area contributed by atoms with Gasteiger partial charge in [0.25, 0.3) is 0 Å². The Kier molecular flexibility index (Phi) is 5.00. The lowest BCUT2D eigenvalue weighted by atomic mass is 10.0. The van der Waals surface area contributed by atoms with E-state index in [2.05, 4.69) is 27.3 Å². The number of benzene rings is 1. The zero-order chi connectivity index (χ0) is 16.1. The molecular weight excluding hydrogens is 290 g/mol. The monoisotopic (exact) mass is 311 g/mol. The minimum Gasteiger partial charge on any atom is -0.375 e. The number of pyridine rings is 1. The lowest BCUT2D eigenvalue weighted by molar-refractivity contribution is -0.121. The van der Waals surface area contributed by atoms with Gasteiger partial charge in [-0.25, -0.2) is 0 Å². The third kappa shape index (κ3) is 4.15. The van der Waals surface area contributed by atoms with E-state index < -0.39 is 0 Å². The van der Waals surface area contributed by atoms with Crippen molar-refractivity contribution in [3.63, 3.8) is 0 Å². The third-order valence-corrected chi connectivity index (χ3v) is 3.97. The van der Waals surface area contributed by atoms with E-state index in [1.165, 1.54) is 5.56 Å². The van der Waals surface area contributed by atoms with E-state index in [0.717, 1.165) is 12.2 Å². The van der Waals surface area contributed by atoms with Crippen LogP contribution in [0.3, 0.4) is 0 Å². The topological polar surface area (TPSA) is 54.5 Å². The molecule has 2 heterocycles. The van der Waals surface area contributed by atoms with Crippen molar-refractivity contribution < 1.29 is 9.53 Å². The molecule has 0 radical (unpaired) electrons. The smallest absolute Gasteiger partial charge is 0.238 e. The number of amides is 1. The van der Waals surface area contributed by atoms with E-state index in [1.54, 1.807) is 24.5 Å². The Morgan fingerprint density at radius 3 is 2.74 bits per heavy atom. The number of carbonyl (C=O) groups excluding carboxylic acids is 1. The lowest BCUT2D eigenvalue weighted by Crippen LogP contribution is -2.46. The maximum absolute atomic E-state index is 12.4. The van der Waals surface area contributed by atoms with Crippen LogP contribution in [0.4, 0.5) is 5.69 Å². The molecule has 0 bridgehead atoms. The van der Waals surface area contributed by atoms with Crippen LogP contribution in [0.5, 0.6) is 0 Å². The van der Waals surface area contributed by atoms with Crippen molar-refractivity contribution in [1.82, 2.24) is 9.88 Å². The molecule has 0 saturated carbocycles. The van der Waals surface area contributed by atoms with Gasteiger partial charge in [0.15, 0.2) is 0 Å². The van der Waals surface area contributed by atoms with Gasteiger partial charge in [-0.3, -0.25) is 14.7 Å². The maximum Gasteiger partial charge on any atom is 0.238 e. The highest BCUT2D eigenvalue weighted by Gasteiger charge is 2.29. The number of hydrogen-bond donors (Lipinski definition) is 1. The van der Waals surface area contributed by atoms with Gasteiger partial charge in [0.2, 0.25) is 5.91 Å². The first-order valence-corrected chi connectivity index (χ1v) is 7.83. The molecule has 0 unspecified atom stereocenters. The van der Waals surface area contributed by atoms with E-state index in [9.17, 15) is 4.79 Å². The summed E-state index contributed by atoms with van der Waals surface area (Å²) >= 11 is 0. The molecule has 1 aliphatic rings. The van der Waals surface area contributed by atoms with E-state index in [0.29, 0.717) is 13.2 Å². The molecule has 3 rings (SSSR count). The van der Waals surface area contributed by atoms with E-state index in [1.807, 2.05) is 25.1 Å². The van der Waals surface area contributed by atoms with Crippen molar-refractivity contribution in [2.75, 3.05) is 25.0 Å². The maximum atomic E-state index is 12.4. The Morgan fingerprint density at radius 2 is 2.00 bits per heavy atom. The van der Waals surface area contributed by atoms with Crippen LogP contribution in [0.1, 0.15) is 18.5 Å². The average molecular weight is 311 g/mol. The predicted molar refractivity (Wildman–Crippen MR) is 89.0 cm³/mol. The quantitative estimate of drug-likeness (QED) is 0.942. The Bertz CT molecular complexity index is 633. The highest BCUT2D eigenvalue weighted by atomic mass is 16.5. The molecule has 1 N–H and O–H groups in total. The molecule has 1 aromatic carbocycles. The van der Waals surface area contributed by atoms with Crippen LogP contribution in [0.25, 0.3) is 0 Å². The second-order valence-corrected chi connectivity index (χ2v) is 5.78. The van der Waals surface area contributed by atoms with Crippen molar-refractivity contribution in [2.45, 2.75) is 19.1 Å². The van der Waals surface area contributed by atoms with Crippen LogP contribution < -0.4 is 5.32 Å². The van der Waals surface area contributed by atoms with Crippen LogP contribution in [0.2, 0.25) is 0 Å². The fourth-order valence-corrected chi connectivity index (χ4v) is 2.85. The van der Waals surface area contributed by atoms with E-state index in [4.69, 9.17) is 4.74 Å². The SMILES string of the molecule is C[C@@H]1CN(CC(=O)Nc2ccncc2)[C@H](c2ccccc2)CO1. The predicted octanol–water partition coefficient (Wildman–Crippen LogP) is 2.48. The minimum atomic E-state index is -0.0220. The van der Waals surface area contributed by atoms with Crippen molar-refractivity contribution in [2.24, 2.45) is 0 Å². The molecule has 120 valence electrons. The van der Waals surface area contributed by atoms with Gasteiger partial charge >= 0.3 is 0 Å². The summed E-state index contributed by atoms with van der Waals surface area (Å²) in [4.78, 5) is 18.5. The molecule has 2 atom stereocenters. The van der Waals surface area contributed by atoms with Gasteiger partial charge < -0.3 is 10.1 Å². The summed E-state index contributed by atoms with van der Waals surface area (Å²) in [6, 6.07) is 13.9. The summed E-state index contributed by atoms with van der Waals surface area (Å²) in [5.74, 6) is -0.0220. The van der Waals surface area contributed by atoms with Gasteiger partial charge in [-0.1, -0.05) is 30.3 Å². The number of anilines is 1. The third-order valence-electron chi connectivity index (χ3n) is 3.97. The number of aromatic nitrogens is 1. The number of rotatable bonds is 4. The van der Waals surface area contributed by atoms with E-state index in [-0.39, 0.29) is 18.1 Å². The Labute approximate surface area is 136 Å². The van der Waals surface area contributed by atoms with E-state index >= 15 is 0 Å². The summed E-state index contributed by atoms with van der Waals surface area (Å²) < 4.78 is 5.79. The summed E-state index contributed by atoms with van der Waals surface area (Å²) in [7, 11) is 0. The largest absolute Gasteiger partial charge is 0.375 e. The molecular formula is C18H21N3O2. The van der Waals surface area contributed by atoms with Crippen molar-refractivity contribution in [1.29, 1.82) is 0 Å². The highest BCUT2D eigenvalue weighted by Crippen LogP contribution is 2.25. The Morgan fingerprint density at radius 1 is 1.26 bits per heavy atom. The molecule has 1 aliphatic heterocycles. The zero-order valence-electron chi connectivity index (χ0n) is 13.2. The fraction of sp³-hybridized carbons (Fsp3) is 0.333. The van der Waals surface area contributed by atoms with Crippen molar-refractivity contribution in [3.05, 3.63) is 60.4 Å². The van der Waals surface area contributed by atoms with Crippen LogP contribution in [0, 0.1) is 0 Å². The summed E-state index contributed by atoms with van der Waals surface area (Å²) in [6.45, 7) is 3.72. The molecule has 5 nitrogen and oxygen atoms in total. The Hall–Kier alpha value is -2.24. The first kappa shape index (κ1) is 15.6. The Balaban J connectivity index is 1.68. The average Bonchev–Trinajstić information content (AvgIpc) is 2.56.